The lowest BCUT2D eigenvalue weighted by Gasteiger charge is -2.31. The second-order valence-electron chi connectivity index (χ2n) is 8.88. The molecule has 0 saturated carbocycles. The van der Waals surface area contributed by atoms with Crippen molar-refractivity contribution in [3.63, 3.8) is 0 Å². The molecule has 4 aromatic rings. The Morgan fingerprint density at radius 1 is 0.694 bits per heavy atom. The van der Waals surface area contributed by atoms with Crippen molar-refractivity contribution in [2.45, 2.75) is 24.8 Å². The van der Waals surface area contributed by atoms with Crippen molar-refractivity contribution in [3.8, 4) is 0 Å². The van der Waals surface area contributed by atoms with Crippen LogP contribution in [0.5, 0.6) is 0 Å². The summed E-state index contributed by atoms with van der Waals surface area (Å²) in [6.07, 6.45) is 0.209. The van der Waals surface area contributed by atoms with Gasteiger partial charge in [-0.2, -0.15) is 0 Å². The lowest BCUT2D eigenvalue weighted by Crippen LogP contribution is -2.52. The van der Waals surface area contributed by atoms with E-state index in [4.69, 9.17) is 5.73 Å². The molecule has 0 heterocycles. The van der Waals surface area contributed by atoms with Gasteiger partial charge in [-0.3, -0.25) is 14.4 Å². The van der Waals surface area contributed by atoms with E-state index in [1.54, 1.807) is 36.4 Å². The molecular weight excluding hydrogens is 448 g/mol. The maximum Gasteiger partial charge on any atom is 0.240 e. The number of primary amides is 1. The Morgan fingerprint density at radius 3 is 1.61 bits per heavy atom. The first-order chi connectivity index (χ1) is 17.4. The minimum Gasteiger partial charge on any atom is -0.368 e. The van der Waals surface area contributed by atoms with Gasteiger partial charge in [-0.05, 0) is 23.6 Å². The van der Waals surface area contributed by atoms with Gasteiger partial charge in [0.1, 0.15) is 6.04 Å². The minimum atomic E-state index is -1.03. The van der Waals surface area contributed by atoms with Gasteiger partial charge < -0.3 is 11.1 Å². The van der Waals surface area contributed by atoms with Gasteiger partial charge in [0.25, 0.3) is 0 Å². The highest BCUT2D eigenvalue weighted by molar-refractivity contribution is 6.09. The summed E-state index contributed by atoms with van der Waals surface area (Å²) in [5.74, 6) is -1.03. The van der Waals surface area contributed by atoms with Crippen molar-refractivity contribution in [2.75, 3.05) is 0 Å². The third-order valence-corrected chi connectivity index (χ3v) is 6.50. The van der Waals surface area contributed by atoms with E-state index in [9.17, 15) is 14.4 Å². The Bertz CT molecular complexity index is 1300. The highest BCUT2D eigenvalue weighted by Crippen LogP contribution is 2.32. The fraction of sp³-hybridized carbons (Fsp3) is 0.129. The molecular formula is C31H28N2O3. The number of benzene rings is 4. The summed E-state index contributed by atoms with van der Waals surface area (Å²) >= 11 is 0. The standard InChI is InChI=1S/C31H28N2O3/c1-31(25-13-7-3-8-14-25,26-15-9-4-10-16-26)30(36)33-27(29(32)35)21-22-17-19-24(20-18-22)28(34)23-11-5-2-6-12-23/h2-20,27H,21H2,1H3,(H2,32,35)(H,33,36)/t27-/m0/s1. The first kappa shape index (κ1) is 24.6. The predicted molar refractivity (Wildman–Crippen MR) is 140 cm³/mol. The van der Waals surface area contributed by atoms with Crippen LogP contribution in [0.2, 0.25) is 0 Å². The van der Waals surface area contributed by atoms with Crippen LogP contribution in [-0.4, -0.2) is 23.6 Å². The molecule has 4 aromatic carbocycles. The van der Waals surface area contributed by atoms with Gasteiger partial charge in [0.2, 0.25) is 11.8 Å². The summed E-state index contributed by atoms with van der Waals surface area (Å²) < 4.78 is 0. The Hall–Kier alpha value is -4.51. The number of rotatable bonds is 9. The Kier molecular flexibility index (Phi) is 7.40. The summed E-state index contributed by atoms with van der Waals surface area (Å²) in [6.45, 7) is 1.84. The highest BCUT2D eigenvalue weighted by atomic mass is 16.2. The van der Waals surface area contributed by atoms with Crippen LogP contribution in [0.1, 0.15) is 39.5 Å². The molecule has 2 amide bonds. The molecule has 1 atom stereocenters. The van der Waals surface area contributed by atoms with Crippen molar-refractivity contribution in [1.29, 1.82) is 0 Å². The minimum absolute atomic E-state index is 0.0802. The molecule has 3 N–H and O–H groups in total. The van der Waals surface area contributed by atoms with Crippen LogP contribution < -0.4 is 11.1 Å². The molecule has 0 saturated heterocycles. The predicted octanol–water partition coefficient (Wildman–Crippen LogP) is 4.44. The number of nitrogens with two attached hydrogens (primary N) is 1. The SMILES string of the molecule is CC(C(=O)N[C@@H](Cc1ccc(C(=O)c2ccccc2)cc1)C(N)=O)(c1ccccc1)c1ccccc1. The first-order valence-electron chi connectivity index (χ1n) is 11.8. The zero-order valence-corrected chi connectivity index (χ0v) is 20.1. The van der Waals surface area contributed by atoms with Crippen LogP contribution >= 0.6 is 0 Å². The molecule has 0 unspecified atom stereocenters. The summed E-state index contributed by atoms with van der Waals surface area (Å²) in [6, 6.07) is 34.0. The molecule has 0 aromatic heterocycles. The van der Waals surface area contributed by atoms with Crippen molar-refractivity contribution in [2.24, 2.45) is 5.73 Å². The van der Waals surface area contributed by atoms with E-state index in [1.165, 1.54) is 0 Å². The second-order valence-corrected chi connectivity index (χ2v) is 8.88. The van der Waals surface area contributed by atoms with E-state index in [1.807, 2.05) is 85.8 Å². The van der Waals surface area contributed by atoms with Crippen LogP contribution in [0, 0.1) is 0 Å². The summed E-state index contributed by atoms with van der Waals surface area (Å²) in [5, 5.41) is 2.89. The molecule has 5 nitrogen and oxygen atoms in total. The van der Waals surface area contributed by atoms with Crippen molar-refractivity contribution < 1.29 is 14.4 Å². The maximum absolute atomic E-state index is 13.7. The summed E-state index contributed by atoms with van der Waals surface area (Å²) in [7, 11) is 0. The van der Waals surface area contributed by atoms with Crippen molar-refractivity contribution in [1.82, 2.24) is 5.32 Å². The van der Waals surface area contributed by atoms with Gasteiger partial charge in [0.05, 0.1) is 5.41 Å². The molecule has 0 aliphatic heterocycles. The number of ketones is 1. The third kappa shape index (κ3) is 5.26. The lowest BCUT2D eigenvalue weighted by molar-refractivity contribution is -0.129. The molecule has 0 spiro atoms. The van der Waals surface area contributed by atoms with E-state index >= 15 is 0 Å². The molecule has 5 heteroatoms. The van der Waals surface area contributed by atoms with Gasteiger partial charge in [0, 0.05) is 17.5 Å². The number of carbonyl (C=O) groups is 3. The van der Waals surface area contributed by atoms with Gasteiger partial charge in [-0.1, -0.05) is 115 Å². The number of hydrogen-bond acceptors (Lipinski definition) is 3. The third-order valence-electron chi connectivity index (χ3n) is 6.50. The topological polar surface area (TPSA) is 89.3 Å². The number of nitrogens with one attached hydrogen (secondary N) is 1. The Morgan fingerprint density at radius 2 is 1.14 bits per heavy atom. The van der Waals surface area contributed by atoms with Crippen LogP contribution in [0.3, 0.4) is 0 Å². The van der Waals surface area contributed by atoms with Crippen LogP contribution in [0.25, 0.3) is 0 Å². The van der Waals surface area contributed by atoms with E-state index in [-0.39, 0.29) is 18.1 Å². The van der Waals surface area contributed by atoms with E-state index < -0.39 is 17.4 Å². The monoisotopic (exact) mass is 476 g/mol. The van der Waals surface area contributed by atoms with E-state index in [2.05, 4.69) is 5.32 Å². The average molecular weight is 477 g/mol. The van der Waals surface area contributed by atoms with Crippen LogP contribution in [0.4, 0.5) is 0 Å². The molecule has 0 aliphatic carbocycles. The smallest absolute Gasteiger partial charge is 0.240 e. The molecule has 0 fully saturated rings. The molecule has 36 heavy (non-hydrogen) atoms. The lowest BCUT2D eigenvalue weighted by atomic mass is 9.75. The largest absolute Gasteiger partial charge is 0.368 e. The van der Waals surface area contributed by atoms with Gasteiger partial charge in [-0.25, -0.2) is 0 Å². The zero-order chi connectivity index (χ0) is 25.5. The number of hydrogen-bond donors (Lipinski definition) is 2. The van der Waals surface area contributed by atoms with Crippen LogP contribution in [0.15, 0.2) is 115 Å². The normalized spacial score (nSPS) is 11.9. The molecule has 0 aliphatic rings. The molecule has 180 valence electrons. The Labute approximate surface area is 211 Å². The van der Waals surface area contributed by atoms with Gasteiger partial charge >= 0.3 is 0 Å². The summed E-state index contributed by atoms with van der Waals surface area (Å²) in [4.78, 5) is 38.7. The first-order valence-corrected chi connectivity index (χ1v) is 11.8. The van der Waals surface area contributed by atoms with Gasteiger partial charge in [0.15, 0.2) is 5.78 Å². The maximum atomic E-state index is 13.7. The molecule has 4 rings (SSSR count). The fourth-order valence-corrected chi connectivity index (χ4v) is 4.28. The van der Waals surface area contributed by atoms with Crippen LogP contribution in [-0.2, 0) is 21.4 Å². The van der Waals surface area contributed by atoms with Crippen molar-refractivity contribution in [3.05, 3.63) is 143 Å². The van der Waals surface area contributed by atoms with Gasteiger partial charge in [-0.15, -0.1) is 0 Å². The van der Waals surface area contributed by atoms with E-state index in [0.29, 0.717) is 11.1 Å². The number of carbonyl (C=O) groups excluding carboxylic acids is 3. The molecule has 0 radical (unpaired) electrons. The zero-order valence-electron chi connectivity index (χ0n) is 20.1. The highest BCUT2D eigenvalue weighted by Gasteiger charge is 2.38. The van der Waals surface area contributed by atoms with E-state index in [0.717, 1.165) is 16.7 Å². The second kappa shape index (κ2) is 10.8. The summed E-state index contributed by atoms with van der Waals surface area (Å²) in [5.41, 5.74) is 8.22. The fourth-order valence-electron chi connectivity index (χ4n) is 4.28. The van der Waals surface area contributed by atoms with Crippen molar-refractivity contribution >= 4 is 17.6 Å². The average Bonchev–Trinajstić information content (AvgIpc) is 2.93. The molecule has 0 bridgehead atoms. The quantitative estimate of drug-likeness (QED) is 0.350. The Balaban J connectivity index is 1.55. The number of amides is 2.